The second-order valence-corrected chi connectivity index (χ2v) is 3.24. The summed E-state index contributed by atoms with van der Waals surface area (Å²) in [5.41, 5.74) is 6.51. The lowest BCUT2D eigenvalue weighted by Gasteiger charge is -2.04. The van der Waals surface area contributed by atoms with Crippen molar-refractivity contribution in [3.05, 3.63) is 23.7 Å². The lowest BCUT2D eigenvalue weighted by atomic mass is 10.2. The molecule has 15 heavy (non-hydrogen) atoms. The number of rotatable bonds is 8. The average Bonchev–Trinajstić information content (AvgIpc) is 2.70. The van der Waals surface area contributed by atoms with Crippen molar-refractivity contribution in [2.45, 2.75) is 26.5 Å². The predicted octanol–water partition coefficient (Wildman–Crippen LogP) is 1.68. The van der Waals surface area contributed by atoms with E-state index < -0.39 is 0 Å². The van der Waals surface area contributed by atoms with E-state index in [4.69, 9.17) is 19.6 Å². The minimum absolute atomic E-state index is 0.415. The maximum absolute atomic E-state index is 5.49. The molecule has 0 saturated heterocycles. The highest BCUT2D eigenvalue weighted by Gasteiger charge is 2.03. The smallest absolute Gasteiger partial charge is 0.122 e. The Morgan fingerprint density at radius 3 is 2.80 bits per heavy atom. The predicted molar refractivity (Wildman–Crippen MR) is 57.4 cm³/mol. The highest BCUT2D eigenvalue weighted by Crippen LogP contribution is 2.10. The molecule has 0 spiro atoms. The van der Waals surface area contributed by atoms with E-state index in [1.54, 1.807) is 6.26 Å². The van der Waals surface area contributed by atoms with Gasteiger partial charge in [0.15, 0.2) is 0 Å². The Morgan fingerprint density at radius 1 is 1.27 bits per heavy atom. The summed E-state index contributed by atoms with van der Waals surface area (Å²) in [6.45, 7) is 5.08. The molecule has 0 aliphatic heterocycles. The number of hydrogen-bond acceptors (Lipinski definition) is 4. The van der Waals surface area contributed by atoms with Crippen LogP contribution >= 0.6 is 0 Å². The highest BCUT2D eigenvalue weighted by atomic mass is 16.5. The summed E-state index contributed by atoms with van der Waals surface area (Å²) in [6, 6.07) is 1.88. The van der Waals surface area contributed by atoms with E-state index in [-0.39, 0.29) is 0 Å². The van der Waals surface area contributed by atoms with Gasteiger partial charge in [0.25, 0.3) is 0 Å². The Bertz CT molecular complexity index is 260. The van der Waals surface area contributed by atoms with E-state index >= 15 is 0 Å². The van der Waals surface area contributed by atoms with Crippen molar-refractivity contribution in [2.75, 3.05) is 19.8 Å². The van der Waals surface area contributed by atoms with Crippen LogP contribution in [-0.2, 0) is 22.6 Å². The molecule has 0 saturated carbocycles. The summed E-state index contributed by atoms with van der Waals surface area (Å²) >= 11 is 0. The van der Waals surface area contributed by atoms with Crippen LogP contribution in [0.3, 0.4) is 0 Å². The Morgan fingerprint density at radius 2 is 2.07 bits per heavy atom. The molecule has 4 heteroatoms. The maximum atomic E-state index is 5.49. The van der Waals surface area contributed by atoms with Crippen LogP contribution in [-0.4, -0.2) is 19.8 Å². The summed E-state index contributed by atoms with van der Waals surface area (Å²) < 4.78 is 15.9. The molecule has 86 valence electrons. The molecule has 0 atom stereocenters. The van der Waals surface area contributed by atoms with Crippen LogP contribution in [0.25, 0.3) is 0 Å². The van der Waals surface area contributed by atoms with Crippen LogP contribution in [0.2, 0.25) is 0 Å². The largest absolute Gasteiger partial charge is 0.468 e. The topological polar surface area (TPSA) is 57.6 Å². The molecule has 1 aromatic heterocycles. The number of hydrogen-bond donors (Lipinski definition) is 1. The molecule has 0 aliphatic carbocycles. The fourth-order valence-electron chi connectivity index (χ4n) is 1.22. The van der Waals surface area contributed by atoms with Crippen LogP contribution < -0.4 is 5.73 Å². The second-order valence-electron chi connectivity index (χ2n) is 3.24. The van der Waals surface area contributed by atoms with Crippen LogP contribution in [0.4, 0.5) is 0 Å². The average molecular weight is 213 g/mol. The fraction of sp³-hybridized carbons (Fsp3) is 0.636. The van der Waals surface area contributed by atoms with Crippen LogP contribution in [0.15, 0.2) is 16.7 Å². The van der Waals surface area contributed by atoms with Gasteiger partial charge in [0.2, 0.25) is 0 Å². The minimum atomic E-state index is 0.415. The molecule has 0 fully saturated rings. The van der Waals surface area contributed by atoms with Gasteiger partial charge in [-0.15, -0.1) is 0 Å². The van der Waals surface area contributed by atoms with Gasteiger partial charge in [-0.3, -0.25) is 0 Å². The summed E-state index contributed by atoms with van der Waals surface area (Å²) in [5, 5.41) is 0. The molecule has 0 amide bonds. The van der Waals surface area contributed by atoms with Gasteiger partial charge in [0, 0.05) is 12.2 Å². The third-order valence-electron chi connectivity index (χ3n) is 2.00. The Hall–Kier alpha value is -0.840. The van der Waals surface area contributed by atoms with Gasteiger partial charge >= 0.3 is 0 Å². The molecule has 0 bridgehead atoms. The Kier molecular flexibility index (Phi) is 6.08. The first-order valence-corrected chi connectivity index (χ1v) is 5.29. The Balaban J connectivity index is 2.09. The molecular weight excluding hydrogens is 194 g/mol. The van der Waals surface area contributed by atoms with E-state index in [9.17, 15) is 0 Å². The molecule has 1 heterocycles. The van der Waals surface area contributed by atoms with E-state index in [0.717, 1.165) is 24.4 Å². The zero-order valence-electron chi connectivity index (χ0n) is 9.20. The third kappa shape index (κ3) is 4.46. The zero-order valence-corrected chi connectivity index (χ0v) is 9.20. The summed E-state index contributed by atoms with van der Waals surface area (Å²) in [6.07, 6.45) is 2.67. The van der Waals surface area contributed by atoms with Gasteiger partial charge in [-0.05, 0) is 12.5 Å². The zero-order chi connectivity index (χ0) is 10.9. The van der Waals surface area contributed by atoms with Crippen molar-refractivity contribution < 1.29 is 13.9 Å². The second kappa shape index (κ2) is 7.45. The number of nitrogens with two attached hydrogens (primary N) is 1. The standard InChI is InChI=1S/C11H19NO3/c1-2-4-13-6-7-14-9-10-3-5-15-11(10)8-12/h3,5H,2,4,6-9,12H2,1H3. The van der Waals surface area contributed by atoms with Crippen molar-refractivity contribution in [3.8, 4) is 0 Å². The summed E-state index contributed by atoms with van der Waals surface area (Å²) in [7, 11) is 0. The van der Waals surface area contributed by atoms with E-state index in [2.05, 4.69) is 6.92 Å². The first-order chi connectivity index (χ1) is 7.38. The molecule has 1 rings (SSSR count). The van der Waals surface area contributed by atoms with Crippen molar-refractivity contribution >= 4 is 0 Å². The van der Waals surface area contributed by atoms with E-state index in [1.807, 2.05) is 6.07 Å². The SMILES string of the molecule is CCCOCCOCc1ccoc1CN. The molecule has 2 N–H and O–H groups in total. The van der Waals surface area contributed by atoms with Crippen molar-refractivity contribution in [1.29, 1.82) is 0 Å². The normalized spacial score (nSPS) is 10.8. The summed E-state index contributed by atoms with van der Waals surface area (Å²) in [4.78, 5) is 0. The third-order valence-corrected chi connectivity index (χ3v) is 2.00. The van der Waals surface area contributed by atoms with E-state index in [1.165, 1.54) is 0 Å². The Labute approximate surface area is 90.3 Å². The molecule has 1 aromatic rings. The fourth-order valence-corrected chi connectivity index (χ4v) is 1.22. The van der Waals surface area contributed by atoms with Gasteiger partial charge in [0.05, 0.1) is 32.6 Å². The first kappa shape index (κ1) is 12.2. The lowest BCUT2D eigenvalue weighted by Crippen LogP contribution is -2.06. The van der Waals surface area contributed by atoms with Crippen molar-refractivity contribution in [1.82, 2.24) is 0 Å². The molecule has 0 radical (unpaired) electrons. The van der Waals surface area contributed by atoms with Crippen molar-refractivity contribution in [3.63, 3.8) is 0 Å². The molecule has 4 nitrogen and oxygen atoms in total. The number of furan rings is 1. The van der Waals surface area contributed by atoms with Crippen LogP contribution in [0.5, 0.6) is 0 Å². The van der Waals surface area contributed by atoms with Gasteiger partial charge in [0.1, 0.15) is 5.76 Å². The highest BCUT2D eigenvalue weighted by molar-refractivity contribution is 5.15. The first-order valence-electron chi connectivity index (χ1n) is 5.29. The van der Waals surface area contributed by atoms with Crippen LogP contribution in [0, 0.1) is 0 Å². The van der Waals surface area contributed by atoms with Gasteiger partial charge in [-0.25, -0.2) is 0 Å². The van der Waals surface area contributed by atoms with Gasteiger partial charge < -0.3 is 19.6 Å². The summed E-state index contributed by atoms with van der Waals surface area (Å²) in [5.74, 6) is 0.796. The van der Waals surface area contributed by atoms with Crippen LogP contribution in [0.1, 0.15) is 24.7 Å². The van der Waals surface area contributed by atoms with Gasteiger partial charge in [-0.1, -0.05) is 6.92 Å². The minimum Gasteiger partial charge on any atom is -0.468 e. The molecule has 0 aliphatic rings. The monoisotopic (exact) mass is 213 g/mol. The molecule has 0 unspecified atom stereocenters. The molecule has 0 aromatic carbocycles. The molecular formula is C11H19NO3. The lowest BCUT2D eigenvalue weighted by molar-refractivity contribution is 0.0404. The maximum Gasteiger partial charge on any atom is 0.122 e. The van der Waals surface area contributed by atoms with Crippen molar-refractivity contribution in [2.24, 2.45) is 5.73 Å². The van der Waals surface area contributed by atoms with Gasteiger partial charge in [-0.2, -0.15) is 0 Å². The number of ether oxygens (including phenoxy) is 2. The van der Waals surface area contributed by atoms with E-state index in [0.29, 0.717) is 26.4 Å². The quantitative estimate of drug-likeness (QED) is 0.667.